The zero-order valence-corrected chi connectivity index (χ0v) is 11.6. The van der Waals surface area contributed by atoms with E-state index < -0.39 is 5.97 Å². The Balaban J connectivity index is 1.97. The van der Waals surface area contributed by atoms with Crippen molar-refractivity contribution in [3.63, 3.8) is 0 Å². The smallest absolute Gasteiger partial charge is 0.307 e. The lowest BCUT2D eigenvalue weighted by Crippen LogP contribution is -2.42. The summed E-state index contributed by atoms with van der Waals surface area (Å²) in [6.45, 7) is 4.23. The molecule has 2 saturated heterocycles. The van der Waals surface area contributed by atoms with Crippen molar-refractivity contribution in [1.82, 2.24) is 9.80 Å². The van der Waals surface area contributed by atoms with Gasteiger partial charge in [-0.2, -0.15) is 0 Å². The molecular weight excluding hydrogens is 228 g/mol. The number of aliphatic carboxylic acids is 1. The number of nitrogens with zero attached hydrogens (tertiary/aromatic N) is 2. The summed E-state index contributed by atoms with van der Waals surface area (Å²) in [5.74, 6) is 0.130. The Hall–Kier alpha value is -0.610. The summed E-state index contributed by atoms with van der Waals surface area (Å²) >= 11 is 0. The molecule has 0 radical (unpaired) electrons. The summed E-state index contributed by atoms with van der Waals surface area (Å²) in [5.41, 5.74) is 0. The van der Waals surface area contributed by atoms with Crippen molar-refractivity contribution in [2.24, 2.45) is 17.8 Å². The largest absolute Gasteiger partial charge is 0.481 e. The van der Waals surface area contributed by atoms with Gasteiger partial charge in [0.25, 0.3) is 0 Å². The van der Waals surface area contributed by atoms with Crippen LogP contribution in [-0.4, -0.2) is 61.2 Å². The SMILES string of the molecule is CN1CCC(C(C(=O)O)C2CCN(C)CC2)CC1. The summed E-state index contributed by atoms with van der Waals surface area (Å²) in [4.78, 5) is 16.3. The lowest BCUT2D eigenvalue weighted by molar-refractivity contribution is -0.147. The third-order valence-corrected chi connectivity index (χ3v) is 4.83. The van der Waals surface area contributed by atoms with Crippen LogP contribution in [-0.2, 0) is 4.79 Å². The molecule has 2 fully saturated rings. The molecule has 0 bridgehead atoms. The van der Waals surface area contributed by atoms with Gasteiger partial charge in [0.15, 0.2) is 0 Å². The van der Waals surface area contributed by atoms with Crippen molar-refractivity contribution in [3.05, 3.63) is 0 Å². The Bertz CT molecular complexity index is 258. The predicted molar refractivity (Wildman–Crippen MR) is 71.6 cm³/mol. The number of hydrogen-bond acceptors (Lipinski definition) is 3. The molecule has 4 nitrogen and oxygen atoms in total. The monoisotopic (exact) mass is 254 g/mol. The molecule has 0 aliphatic carbocycles. The Morgan fingerprint density at radius 1 is 0.944 bits per heavy atom. The molecule has 0 aromatic heterocycles. The first kappa shape index (κ1) is 13.8. The second kappa shape index (κ2) is 6.02. The number of rotatable bonds is 3. The zero-order valence-electron chi connectivity index (χ0n) is 11.6. The summed E-state index contributed by atoms with van der Waals surface area (Å²) in [6.07, 6.45) is 4.22. The average Bonchev–Trinajstić information content (AvgIpc) is 2.34. The number of piperidine rings is 2. The topological polar surface area (TPSA) is 43.8 Å². The molecule has 0 amide bonds. The van der Waals surface area contributed by atoms with Crippen LogP contribution < -0.4 is 0 Å². The van der Waals surface area contributed by atoms with Crippen molar-refractivity contribution in [1.29, 1.82) is 0 Å². The molecule has 2 aliphatic rings. The van der Waals surface area contributed by atoms with Gasteiger partial charge in [-0.3, -0.25) is 4.79 Å². The van der Waals surface area contributed by atoms with E-state index in [1.165, 1.54) is 0 Å². The molecule has 0 aromatic carbocycles. The van der Waals surface area contributed by atoms with Gasteiger partial charge in [-0.15, -0.1) is 0 Å². The average molecular weight is 254 g/mol. The van der Waals surface area contributed by atoms with Crippen LogP contribution in [0.25, 0.3) is 0 Å². The Morgan fingerprint density at radius 2 is 1.28 bits per heavy atom. The van der Waals surface area contributed by atoms with Crippen LogP contribution in [0.3, 0.4) is 0 Å². The van der Waals surface area contributed by atoms with E-state index in [0.29, 0.717) is 11.8 Å². The van der Waals surface area contributed by atoms with Gasteiger partial charge in [-0.05, 0) is 77.8 Å². The van der Waals surface area contributed by atoms with E-state index in [1.807, 2.05) is 0 Å². The maximum absolute atomic E-state index is 11.6. The van der Waals surface area contributed by atoms with Crippen molar-refractivity contribution in [3.8, 4) is 0 Å². The molecule has 1 N–H and O–H groups in total. The standard InChI is InChI=1S/C14H26N2O2/c1-15-7-3-11(4-8-15)13(14(17)18)12-5-9-16(2)10-6-12/h11-13H,3-10H2,1-2H3,(H,17,18). The van der Waals surface area contributed by atoms with E-state index in [1.54, 1.807) is 0 Å². The van der Waals surface area contributed by atoms with Gasteiger partial charge >= 0.3 is 5.97 Å². The molecule has 0 atom stereocenters. The number of carbonyl (C=O) groups is 1. The first-order chi connectivity index (χ1) is 8.58. The highest BCUT2D eigenvalue weighted by molar-refractivity contribution is 5.70. The second-order valence-corrected chi connectivity index (χ2v) is 6.15. The van der Waals surface area contributed by atoms with Crippen LogP contribution in [0.2, 0.25) is 0 Å². The first-order valence-corrected chi connectivity index (χ1v) is 7.18. The second-order valence-electron chi connectivity index (χ2n) is 6.15. The number of likely N-dealkylation sites (tertiary alicyclic amines) is 2. The van der Waals surface area contributed by atoms with E-state index in [-0.39, 0.29) is 5.92 Å². The van der Waals surface area contributed by atoms with Crippen molar-refractivity contribution in [2.45, 2.75) is 25.7 Å². The van der Waals surface area contributed by atoms with Gasteiger partial charge in [-0.1, -0.05) is 0 Å². The van der Waals surface area contributed by atoms with Gasteiger partial charge in [0.1, 0.15) is 0 Å². The van der Waals surface area contributed by atoms with Crippen molar-refractivity contribution >= 4 is 5.97 Å². The minimum absolute atomic E-state index is 0.104. The Morgan fingerprint density at radius 3 is 1.56 bits per heavy atom. The van der Waals surface area contributed by atoms with Crippen LogP contribution in [0.1, 0.15) is 25.7 Å². The normalized spacial score (nSPS) is 25.7. The first-order valence-electron chi connectivity index (χ1n) is 7.18. The Labute approximate surface area is 110 Å². The molecule has 0 saturated carbocycles. The highest BCUT2D eigenvalue weighted by Crippen LogP contribution is 2.35. The third-order valence-electron chi connectivity index (χ3n) is 4.83. The molecule has 2 aliphatic heterocycles. The van der Waals surface area contributed by atoms with Crippen LogP contribution in [0.15, 0.2) is 0 Å². The minimum Gasteiger partial charge on any atom is -0.481 e. The Kier molecular flexibility index (Phi) is 4.62. The molecule has 2 rings (SSSR count). The maximum Gasteiger partial charge on any atom is 0.307 e. The van der Waals surface area contributed by atoms with E-state index in [2.05, 4.69) is 23.9 Å². The lowest BCUT2D eigenvalue weighted by atomic mass is 9.73. The van der Waals surface area contributed by atoms with Crippen molar-refractivity contribution in [2.75, 3.05) is 40.3 Å². The van der Waals surface area contributed by atoms with Crippen LogP contribution >= 0.6 is 0 Å². The lowest BCUT2D eigenvalue weighted by Gasteiger charge is -2.39. The van der Waals surface area contributed by atoms with Crippen molar-refractivity contribution < 1.29 is 9.90 Å². The van der Waals surface area contributed by atoms with Gasteiger partial charge in [-0.25, -0.2) is 0 Å². The number of hydrogen-bond donors (Lipinski definition) is 1. The highest BCUT2D eigenvalue weighted by Gasteiger charge is 2.37. The van der Waals surface area contributed by atoms with Gasteiger partial charge in [0, 0.05) is 0 Å². The van der Waals surface area contributed by atoms with E-state index >= 15 is 0 Å². The zero-order chi connectivity index (χ0) is 13.1. The molecule has 18 heavy (non-hydrogen) atoms. The summed E-state index contributed by atoms with van der Waals surface area (Å²) in [6, 6.07) is 0. The van der Waals surface area contributed by atoms with E-state index in [9.17, 15) is 9.90 Å². The highest BCUT2D eigenvalue weighted by atomic mass is 16.4. The maximum atomic E-state index is 11.6. The fourth-order valence-electron chi connectivity index (χ4n) is 3.56. The third kappa shape index (κ3) is 3.23. The predicted octanol–water partition coefficient (Wildman–Crippen LogP) is 1.37. The van der Waals surface area contributed by atoms with Crippen LogP contribution in [0.5, 0.6) is 0 Å². The minimum atomic E-state index is -0.556. The number of carboxylic acid groups (broad SMARTS) is 1. The molecule has 0 aromatic rings. The fraction of sp³-hybridized carbons (Fsp3) is 0.929. The quantitative estimate of drug-likeness (QED) is 0.826. The molecule has 0 spiro atoms. The summed E-state index contributed by atoms with van der Waals surface area (Å²) in [7, 11) is 4.25. The van der Waals surface area contributed by atoms with Gasteiger partial charge in [0.05, 0.1) is 5.92 Å². The molecule has 104 valence electrons. The molecule has 0 unspecified atom stereocenters. The summed E-state index contributed by atoms with van der Waals surface area (Å²) in [5, 5.41) is 9.58. The van der Waals surface area contributed by atoms with Crippen LogP contribution in [0.4, 0.5) is 0 Å². The van der Waals surface area contributed by atoms with Crippen LogP contribution in [0, 0.1) is 17.8 Å². The molecule has 2 heterocycles. The summed E-state index contributed by atoms with van der Waals surface area (Å²) < 4.78 is 0. The van der Waals surface area contributed by atoms with Gasteiger partial charge < -0.3 is 14.9 Å². The number of carboxylic acids is 1. The fourth-order valence-corrected chi connectivity index (χ4v) is 3.56. The van der Waals surface area contributed by atoms with E-state index in [4.69, 9.17) is 0 Å². The molecular formula is C14H26N2O2. The van der Waals surface area contributed by atoms with E-state index in [0.717, 1.165) is 51.9 Å². The molecule has 4 heteroatoms. The van der Waals surface area contributed by atoms with Gasteiger partial charge in [0.2, 0.25) is 0 Å².